The monoisotopic (exact) mass is 300 g/mol. The minimum atomic E-state index is -1.04. The fourth-order valence-corrected chi connectivity index (χ4v) is 2.56. The molecule has 0 aromatic heterocycles. The largest absolute Gasteiger partial charge is 0.409 e. The van der Waals surface area contributed by atoms with E-state index in [0.29, 0.717) is 19.4 Å². The number of oxime groups is 1. The number of nitrogens with two attached hydrogens (primary N) is 1. The van der Waals surface area contributed by atoms with Gasteiger partial charge in [-0.3, -0.25) is 9.59 Å². The topological polar surface area (TPSA) is 108 Å². The molecule has 0 rings (SSSR count). The summed E-state index contributed by atoms with van der Waals surface area (Å²) in [6, 6.07) is 0. The third-order valence-corrected chi connectivity index (χ3v) is 3.46. The zero-order chi connectivity index (χ0) is 16.5. The highest BCUT2D eigenvalue weighted by Crippen LogP contribution is 2.32. The number of carbonyl (C=O) groups is 2. The zero-order valence-corrected chi connectivity index (χ0v) is 13.5. The molecule has 0 heterocycles. The Kier molecular flexibility index (Phi) is 8.42. The highest BCUT2D eigenvalue weighted by molar-refractivity contribution is 6.07. The van der Waals surface area contributed by atoms with E-state index in [1.54, 1.807) is 7.05 Å². The molecule has 0 atom stereocenters. The third kappa shape index (κ3) is 4.91. The fraction of sp³-hybridized carbons (Fsp3) is 0.786. The van der Waals surface area contributed by atoms with Crippen molar-refractivity contribution in [3.8, 4) is 0 Å². The molecule has 2 amide bonds. The lowest BCUT2D eigenvalue weighted by molar-refractivity contribution is -0.141. The van der Waals surface area contributed by atoms with Gasteiger partial charge in [0, 0.05) is 13.6 Å². The molecule has 0 saturated heterocycles. The van der Waals surface area contributed by atoms with E-state index in [-0.39, 0.29) is 24.2 Å². The first-order valence-electron chi connectivity index (χ1n) is 7.39. The van der Waals surface area contributed by atoms with Gasteiger partial charge >= 0.3 is 0 Å². The van der Waals surface area contributed by atoms with Crippen molar-refractivity contribution < 1.29 is 14.8 Å². The van der Waals surface area contributed by atoms with Crippen LogP contribution in [0.2, 0.25) is 0 Å². The van der Waals surface area contributed by atoms with Crippen LogP contribution in [0.3, 0.4) is 0 Å². The van der Waals surface area contributed by atoms with Crippen LogP contribution >= 0.6 is 0 Å². The molecule has 0 unspecified atom stereocenters. The van der Waals surface area contributed by atoms with E-state index in [0.717, 1.165) is 12.8 Å². The first-order valence-corrected chi connectivity index (χ1v) is 7.39. The van der Waals surface area contributed by atoms with Crippen LogP contribution in [-0.2, 0) is 9.59 Å². The van der Waals surface area contributed by atoms with Gasteiger partial charge in [-0.1, -0.05) is 31.8 Å². The average molecular weight is 300 g/mol. The number of likely N-dealkylation sites (N-methyl/N-ethyl adjacent to an activating group) is 2. The molecule has 4 N–H and O–H groups in total. The van der Waals surface area contributed by atoms with Crippen LogP contribution in [0.15, 0.2) is 5.16 Å². The smallest absolute Gasteiger partial charge is 0.239 e. The molecule has 0 aromatic carbocycles. The summed E-state index contributed by atoms with van der Waals surface area (Å²) in [6.45, 7) is 6.16. The van der Waals surface area contributed by atoms with Crippen LogP contribution in [0.4, 0.5) is 0 Å². The van der Waals surface area contributed by atoms with Crippen molar-refractivity contribution in [1.82, 2.24) is 10.2 Å². The lowest BCUT2D eigenvalue weighted by atomic mass is 9.76. The van der Waals surface area contributed by atoms with Crippen LogP contribution in [0, 0.1) is 5.41 Å². The van der Waals surface area contributed by atoms with E-state index in [9.17, 15) is 9.59 Å². The van der Waals surface area contributed by atoms with Crippen LogP contribution in [-0.4, -0.2) is 47.9 Å². The molecule has 0 radical (unpaired) electrons. The van der Waals surface area contributed by atoms with Crippen molar-refractivity contribution >= 4 is 17.6 Å². The molecule has 0 aromatic rings. The predicted octanol–water partition coefficient (Wildman–Crippen LogP) is 0.914. The maximum atomic E-state index is 12.8. The Hall–Kier alpha value is -1.79. The third-order valence-electron chi connectivity index (χ3n) is 3.46. The molecular weight excluding hydrogens is 272 g/mol. The highest BCUT2D eigenvalue weighted by atomic mass is 16.4. The Morgan fingerprint density at radius 3 is 2.14 bits per heavy atom. The maximum Gasteiger partial charge on any atom is 0.239 e. The van der Waals surface area contributed by atoms with Gasteiger partial charge in [0.25, 0.3) is 0 Å². The van der Waals surface area contributed by atoms with Crippen molar-refractivity contribution in [2.45, 2.75) is 46.5 Å². The summed E-state index contributed by atoms with van der Waals surface area (Å²) in [7, 11) is 1.56. The molecule has 0 aliphatic rings. The molecule has 21 heavy (non-hydrogen) atoms. The van der Waals surface area contributed by atoms with Crippen molar-refractivity contribution in [2.75, 3.05) is 20.1 Å². The quantitative estimate of drug-likeness (QED) is 0.254. The first kappa shape index (κ1) is 19.2. The van der Waals surface area contributed by atoms with Gasteiger partial charge < -0.3 is 21.2 Å². The average Bonchev–Trinajstić information content (AvgIpc) is 2.45. The van der Waals surface area contributed by atoms with Gasteiger partial charge in [-0.05, 0) is 19.8 Å². The van der Waals surface area contributed by atoms with Crippen LogP contribution in [0.1, 0.15) is 46.5 Å². The standard InChI is InChI=1S/C14H28N4O3/c1-5-8-14(9-6-2,12(15)17-21)13(20)18(4)10-11(19)16-7-3/h21H,5-10H2,1-4H3,(H2,15,17)(H,16,19). The van der Waals surface area contributed by atoms with Crippen molar-refractivity contribution in [3.05, 3.63) is 0 Å². The number of hydrogen-bond acceptors (Lipinski definition) is 4. The molecule has 0 aliphatic carbocycles. The number of amides is 2. The summed E-state index contributed by atoms with van der Waals surface area (Å²) >= 11 is 0. The van der Waals surface area contributed by atoms with Gasteiger partial charge in [0.1, 0.15) is 5.41 Å². The molecule has 7 heteroatoms. The van der Waals surface area contributed by atoms with Gasteiger partial charge in [-0.2, -0.15) is 0 Å². The SMILES string of the molecule is CCCC(CCC)(C(=O)N(C)CC(=O)NCC)C(N)=NO. The number of carbonyl (C=O) groups excluding carboxylic acids is 2. The fourth-order valence-electron chi connectivity index (χ4n) is 2.56. The van der Waals surface area contributed by atoms with Crippen LogP contribution in [0.5, 0.6) is 0 Å². The van der Waals surface area contributed by atoms with E-state index >= 15 is 0 Å². The molecule has 0 spiro atoms. The normalized spacial score (nSPS) is 12.1. The molecule has 122 valence electrons. The lowest BCUT2D eigenvalue weighted by Crippen LogP contribution is -2.52. The van der Waals surface area contributed by atoms with Crippen LogP contribution < -0.4 is 11.1 Å². The zero-order valence-electron chi connectivity index (χ0n) is 13.5. The summed E-state index contributed by atoms with van der Waals surface area (Å²) in [6.07, 6.45) is 2.40. The lowest BCUT2D eigenvalue weighted by Gasteiger charge is -2.34. The summed E-state index contributed by atoms with van der Waals surface area (Å²) in [5.41, 5.74) is 4.76. The number of rotatable bonds is 9. The highest BCUT2D eigenvalue weighted by Gasteiger charge is 2.43. The van der Waals surface area contributed by atoms with E-state index in [2.05, 4.69) is 10.5 Å². The number of hydrogen-bond donors (Lipinski definition) is 3. The Morgan fingerprint density at radius 1 is 1.24 bits per heavy atom. The Labute approximate surface area is 126 Å². The minimum absolute atomic E-state index is 0.0411. The van der Waals surface area contributed by atoms with Gasteiger partial charge in [-0.25, -0.2) is 0 Å². The summed E-state index contributed by atoms with van der Waals surface area (Å²) < 4.78 is 0. The summed E-state index contributed by atoms with van der Waals surface area (Å²) in [5.74, 6) is -0.596. The van der Waals surface area contributed by atoms with E-state index < -0.39 is 5.41 Å². The van der Waals surface area contributed by atoms with Gasteiger partial charge in [0.05, 0.1) is 6.54 Å². The minimum Gasteiger partial charge on any atom is -0.409 e. The van der Waals surface area contributed by atoms with Crippen LogP contribution in [0.25, 0.3) is 0 Å². The Morgan fingerprint density at radius 2 is 1.76 bits per heavy atom. The van der Waals surface area contributed by atoms with Crippen molar-refractivity contribution in [2.24, 2.45) is 16.3 Å². The van der Waals surface area contributed by atoms with Crippen molar-refractivity contribution in [3.63, 3.8) is 0 Å². The Bertz CT molecular complexity index is 376. The molecule has 7 nitrogen and oxygen atoms in total. The molecular formula is C14H28N4O3. The van der Waals surface area contributed by atoms with E-state index in [1.807, 2.05) is 20.8 Å². The second kappa shape index (κ2) is 9.20. The first-order chi connectivity index (χ1) is 9.89. The number of amidine groups is 1. The molecule has 0 aliphatic heterocycles. The van der Waals surface area contributed by atoms with Gasteiger partial charge in [-0.15, -0.1) is 0 Å². The number of nitrogens with one attached hydrogen (secondary N) is 1. The van der Waals surface area contributed by atoms with Crippen molar-refractivity contribution in [1.29, 1.82) is 0 Å². The van der Waals surface area contributed by atoms with E-state index in [1.165, 1.54) is 4.90 Å². The Balaban J connectivity index is 5.30. The molecule has 0 saturated carbocycles. The summed E-state index contributed by atoms with van der Waals surface area (Å²) in [5, 5.41) is 14.7. The second-order valence-corrected chi connectivity index (χ2v) is 5.18. The van der Waals surface area contributed by atoms with Gasteiger partial charge in [0.15, 0.2) is 5.84 Å². The second-order valence-electron chi connectivity index (χ2n) is 5.18. The number of nitrogens with zero attached hydrogens (tertiary/aromatic N) is 2. The summed E-state index contributed by atoms with van der Waals surface area (Å²) in [4.78, 5) is 25.7. The maximum absolute atomic E-state index is 12.8. The van der Waals surface area contributed by atoms with Gasteiger partial charge in [0.2, 0.25) is 11.8 Å². The molecule has 0 bridgehead atoms. The predicted molar refractivity (Wildman–Crippen MR) is 82.0 cm³/mol. The molecule has 0 fully saturated rings. The van der Waals surface area contributed by atoms with E-state index in [4.69, 9.17) is 10.9 Å².